The van der Waals surface area contributed by atoms with E-state index >= 15 is 0 Å². The number of hydrogen-bond acceptors (Lipinski definition) is 2. The Hall–Kier alpha value is 0.440. The van der Waals surface area contributed by atoms with Gasteiger partial charge in [0.15, 0.2) is 0 Å². The van der Waals surface area contributed by atoms with Crippen molar-refractivity contribution in [1.82, 2.24) is 0 Å². The number of allylic oxidation sites excluding steroid dienone is 1. The molecule has 0 aliphatic carbocycles. The molecule has 1 heterocycles. The molecule has 0 saturated heterocycles. The van der Waals surface area contributed by atoms with Gasteiger partial charge in [0.2, 0.25) is 0 Å². The molecule has 1 rings (SSSR count). The Morgan fingerprint density at radius 2 is 2.43 bits per heavy atom. The molecule has 0 aromatic carbocycles. The summed E-state index contributed by atoms with van der Waals surface area (Å²) < 4.78 is 0. The van der Waals surface area contributed by atoms with E-state index in [1.807, 2.05) is 23.5 Å². The van der Waals surface area contributed by atoms with Crippen LogP contribution in [-0.2, 0) is 0 Å². The Morgan fingerprint density at radius 3 is 3.43 bits per heavy atom. The maximum Gasteiger partial charge on any atom is 0.0433 e. The molecule has 0 fully saturated rings. The van der Waals surface area contributed by atoms with Crippen LogP contribution >= 0.6 is 23.5 Å². The summed E-state index contributed by atoms with van der Waals surface area (Å²) in [6.45, 7) is 0. The Balaban J connectivity index is 2.20. The topological polar surface area (TPSA) is 0 Å². The Labute approximate surface area is 52.7 Å². The van der Waals surface area contributed by atoms with E-state index < -0.39 is 0 Å². The molecule has 0 atom stereocenters. The highest BCUT2D eigenvalue weighted by atomic mass is 32.2. The van der Waals surface area contributed by atoms with Crippen LogP contribution in [0.3, 0.4) is 0 Å². The van der Waals surface area contributed by atoms with E-state index in [0.717, 1.165) is 0 Å². The lowest BCUT2D eigenvalue weighted by Crippen LogP contribution is -1.69. The van der Waals surface area contributed by atoms with Crippen molar-refractivity contribution in [3.05, 3.63) is 11.5 Å². The summed E-state index contributed by atoms with van der Waals surface area (Å²) in [5.74, 6) is 1.31. The lowest BCUT2D eigenvalue weighted by atomic mass is 10.5. The summed E-state index contributed by atoms with van der Waals surface area (Å²) in [5.41, 5.74) is 0. The van der Waals surface area contributed by atoms with Crippen molar-refractivity contribution in [1.29, 1.82) is 0 Å². The van der Waals surface area contributed by atoms with Crippen molar-refractivity contribution >= 4 is 23.5 Å². The zero-order chi connectivity index (χ0) is 4.95. The van der Waals surface area contributed by atoms with E-state index in [4.69, 9.17) is 0 Å². The third kappa shape index (κ3) is 2.29. The average molecular weight is 132 g/mol. The third-order valence-corrected chi connectivity index (χ3v) is 2.89. The zero-order valence-electron chi connectivity index (χ0n) is 4.09. The van der Waals surface area contributed by atoms with Gasteiger partial charge in [-0.2, -0.15) is 11.8 Å². The fourth-order valence-corrected chi connectivity index (χ4v) is 2.18. The monoisotopic (exact) mass is 132 g/mol. The molecule has 0 unspecified atom stereocenters. The van der Waals surface area contributed by atoms with Crippen LogP contribution in [0.4, 0.5) is 0 Å². The fourth-order valence-electron chi connectivity index (χ4n) is 0.434. The first-order valence-electron chi connectivity index (χ1n) is 2.34. The molecule has 0 radical (unpaired) electrons. The standard InChI is InChI=1S/C5H8S2/c1-2-4-7-5-6-3-1/h1,3H,2,4-5H2. The van der Waals surface area contributed by atoms with Gasteiger partial charge in [-0.05, 0) is 17.6 Å². The minimum absolute atomic E-state index is 1.25. The van der Waals surface area contributed by atoms with E-state index in [1.54, 1.807) is 0 Å². The molecule has 0 spiro atoms. The molecule has 0 saturated carbocycles. The van der Waals surface area contributed by atoms with Crippen molar-refractivity contribution < 1.29 is 0 Å². The minimum Gasteiger partial charge on any atom is -0.150 e. The van der Waals surface area contributed by atoms with Gasteiger partial charge in [-0.15, -0.1) is 11.8 Å². The Kier molecular flexibility index (Phi) is 2.74. The highest BCUT2D eigenvalue weighted by molar-refractivity contribution is 8.17. The quantitative estimate of drug-likeness (QED) is 0.496. The molecule has 2 heteroatoms. The summed E-state index contributed by atoms with van der Waals surface area (Å²) in [6, 6.07) is 0. The first-order valence-corrected chi connectivity index (χ1v) is 4.55. The SMILES string of the molecule is C1=CSCSCC1. The maximum absolute atomic E-state index is 2.24. The summed E-state index contributed by atoms with van der Waals surface area (Å²) >= 11 is 3.91. The zero-order valence-corrected chi connectivity index (χ0v) is 5.73. The second-order valence-corrected chi connectivity index (χ2v) is 3.72. The summed E-state index contributed by atoms with van der Waals surface area (Å²) in [7, 11) is 0. The van der Waals surface area contributed by atoms with Crippen molar-refractivity contribution in [2.24, 2.45) is 0 Å². The number of hydrogen-bond donors (Lipinski definition) is 0. The van der Waals surface area contributed by atoms with Gasteiger partial charge < -0.3 is 0 Å². The van der Waals surface area contributed by atoms with Crippen molar-refractivity contribution in [2.45, 2.75) is 6.42 Å². The molecule has 7 heavy (non-hydrogen) atoms. The van der Waals surface area contributed by atoms with Crippen LogP contribution in [0.5, 0.6) is 0 Å². The van der Waals surface area contributed by atoms with Crippen molar-refractivity contribution in [3.8, 4) is 0 Å². The molecule has 0 aromatic rings. The number of rotatable bonds is 0. The highest BCUT2D eigenvalue weighted by Gasteiger charge is 1.89. The fraction of sp³-hybridized carbons (Fsp3) is 0.600. The van der Waals surface area contributed by atoms with Gasteiger partial charge in [0.05, 0.1) is 0 Å². The van der Waals surface area contributed by atoms with Crippen LogP contribution in [0.1, 0.15) is 6.42 Å². The van der Waals surface area contributed by atoms with Crippen LogP contribution in [0.25, 0.3) is 0 Å². The normalized spacial score (nSPS) is 21.7. The molecule has 40 valence electrons. The molecular weight excluding hydrogens is 124 g/mol. The largest absolute Gasteiger partial charge is 0.150 e. The van der Waals surface area contributed by atoms with E-state index in [2.05, 4.69) is 11.5 Å². The van der Waals surface area contributed by atoms with Gasteiger partial charge in [0, 0.05) is 5.08 Å². The van der Waals surface area contributed by atoms with Crippen molar-refractivity contribution in [3.63, 3.8) is 0 Å². The van der Waals surface area contributed by atoms with Crippen LogP contribution in [0.15, 0.2) is 11.5 Å². The summed E-state index contributed by atoms with van der Waals surface area (Å²) in [5, 5.41) is 3.44. The Bertz CT molecular complexity index is 60.5. The Morgan fingerprint density at radius 1 is 1.43 bits per heavy atom. The van der Waals surface area contributed by atoms with E-state index in [-0.39, 0.29) is 0 Å². The average Bonchev–Trinajstić information content (AvgIpc) is 1.90. The first kappa shape index (κ1) is 5.57. The lowest BCUT2D eigenvalue weighted by Gasteiger charge is -1.86. The summed E-state index contributed by atoms with van der Waals surface area (Å²) in [6.07, 6.45) is 3.50. The van der Waals surface area contributed by atoms with Crippen LogP contribution in [-0.4, -0.2) is 10.8 Å². The molecule has 1 aliphatic rings. The molecule has 0 bridgehead atoms. The van der Waals surface area contributed by atoms with Crippen molar-refractivity contribution in [2.75, 3.05) is 10.8 Å². The van der Waals surface area contributed by atoms with Crippen LogP contribution in [0.2, 0.25) is 0 Å². The molecule has 0 amide bonds. The highest BCUT2D eigenvalue weighted by Crippen LogP contribution is 2.17. The summed E-state index contributed by atoms with van der Waals surface area (Å²) in [4.78, 5) is 0. The van der Waals surface area contributed by atoms with Gasteiger partial charge in [-0.1, -0.05) is 6.08 Å². The molecular formula is C5H8S2. The smallest absolute Gasteiger partial charge is 0.0433 e. The van der Waals surface area contributed by atoms with Crippen LogP contribution in [0, 0.1) is 0 Å². The predicted molar refractivity (Wildman–Crippen MR) is 38.7 cm³/mol. The van der Waals surface area contributed by atoms with Crippen LogP contribution < -0.4 is 0 Å². The molecule has 0 nitrogen and oxygen atoms in total. The maximum atomic E-state index is 2.24. The second-order valence-electron chi connectivity index (χ2n) is 1.35. The van der Waals surface area contributed by atoms with Gasteiger partial charge in [-0.3, -0.25) is 0 Å². The second kappa shape index (κ2) is 3.44. The molecule has 0 N–H and O–H groups in total. The van der Waals surface area contributed by atoms with Gasteiger partial charge >= 0.3 is 0 Å². The third-order valence-electron chi connectivity index (χ3n) is 0.773. The van der Waals surface area contributed by atoms with E-state index in [9.17, 15) is 0 Å². The first-order chi connectivity index (χ1) is 3.50. The van der Waals surface area contributed by atoms with Gasteiger partial charge in [-0.25, -0.2) is 0 Å². The lowest BCUT2D eigenvalue weighted by molar-refractivity contribution is 1.26. The van der Waals surface area contributed by atoms with E-state index in [1.165, 1.54) is 17.3 Å². The van der Waals surface area contributed by atoms with Gasteiger partial charge in [0.1, 0.15) is 0 Å². The minimum atomic E-state index is 1.25. The van der Waals surface area contributed by atoms with E-state index in [0.29, 0.717) is 0 Å². The molecule has 0 aromatic heterocycles. The predicted octanol–water partition coefficient (Wildman–Crippen LogP) is 2.33. The molecule has 1 aliphatic heterocycles. The number of thioether (sulfide) groups is 2. The van der Waals surface area contributed by atoms with Gasteiger partial charge in [0.25, 0.3) is 0 Å².